The minimum absolute atomic E-state index is 0.237. The minimum Gasteiger partial charge on any atom is -0.495 e. The zero-order chi connectivity index (χ0) is 34.0. The van der Waals surface area contributed by atoms with Gasteiger partial charge in [0.1, 0.15) is 5.75 Å². The van der Waals surface area contributed by atoms with Crippen LogP contribution in [-0.4, -0.2) is 37.6 Å². The molecule has 0 saturated carbocycles. The van der Waals surface area contributed by atoms with Crippen molar-refractivity contribution in [3.63, 3.8) is 0 Å². The van der Waals surface area contributed by atoms with Gasteiger partial charge in [0.05, 0.1) is 38.4 Å². The Bertz CT molecular complexity index is 2130. The number of thiazole rings is 1. The van der Waals surface area contributed by atoms with Crippen molar-refractivity contribution in [3.05, 3.63) is 148 Å². The Morgan fingerprint density at radius 3 is 2.22 bits per heavy atom. The molecule has 0 aliphatic carbocycles. The van der Waals surface area contributed by atoms with Gasteiger partial charge in [-0.3, -0.25) is 9.79 Å². The fourth-order valence-corrected chi connectivity index (χ4v) is 6.03. The van der Waals surface area contributed by atoms with Gasteiger partial charge in [-0.05, 0) is 52.6 Å². The van der Waals surface area contributed by atoms with E-state index in [-0.39, 0.29) is 12.5 Å². The van der Waals surface area contributed by atoms with Crippen molar-refractivity contribution in [2.24, 2.45) is 10.1 Å². The molecule has 0 radical (unpaired) electrons. The first-order valence-electron chi connectivity index (χ1n) is 15.4. The van der Waals surface area contributed by atoms with Crippen molar-refractivity contribution in [3.8, 4) is 39.6 Å². The molecular formula is C39H33ClN4O4S. The van der Waals surface area contributed by atoms with Gasteiger partial charge in [-0.1, -0.05) is 96.5 Å². The number of ether oxygens (including phenoxy) is 3. The average molecular weight is 689 g/mol. The smallest absolute Gasteiger partial charge is 0.262 e. The maximum atomic E-state index is 12.7. The fourth-order valence-electron chi connectivity index (χ4n) is 5.03. The molecule has 0 unspecified atom stereocenters. The van der Waals surface area contributed by atoms with Gasteiger partial charge in [0.25, 0.3) is 5.91 Å². The number of nitrogens with zero attached hydrogens (tertiary/aromatic N) is 3. The molecule has 8 nitrogen and oxygen atoms in total. The number of carbonyl (C=O) groups excluding carboxylic acids is 1. The summed E-state index contributed by atoms with van der Waals surface area (Å²) in [7, 11) is 3.06. The van der Waals surface area contributed by atoms with E-state index in [1.165, 1.54) is 18.4 Å². The van der Waals surface area contributed by atoms with Gasteiger partial charge in [-0.2, -0.15) is 5.10 Å². The Morgan fingerprint density at radius 1 is 0.796 bits per heavy atom. The second kappa shape index (κ2) is 16.0. The van der Waals surface area contributed by atoms with Crippen LogP contribution < -0.4 is 24.3 Å². The van der Waals surface area contributed by atoms with Crippen LogP contribution >= 0.6 is 22.9 Å². The number of amides is 1. The molecule has 49 heavy (non-hydrogen) atoms. The lowest BCUT2D eigenvalue weighted by molar-refractivity contribution is -0.118. The van der Waals surface area contributed by atoms with Crippen LogP contribution in [-0.2, 0) is 11.3 Å². The molecule has 6 aromatic rings. The number of benzene rings is 5. The summed E-state index contributed by atoms with van der Waals surface area (Å²) in [6.07, 6.45) is 1.75. The number of halogens is 1. The van der Waals surface area contributed by atoms with Crippen molar-refractivity contribution < 1.29 is 19.0 Å². The number of methoxy groups -OCH3 is 2. The van der Waals surface area contributed by atoms with Gasteiger partial charge in [0, 0.05) is 22.0 Å². The number of hydrogen-bond donors (Lipinski definition) is 1. The summed E-state index contributed by atoms with van der Waals surface area (Å²) < 4.78 is 18.6. The van der Waals surface area contributed by atoms with Crippen molar-refractivity contribution >= 4 is 40.7 Å². The van der Waals surface area contributed by atoms with E-state index < -0.39 is 0 Å². The maximum Gasteiger partial charge on any atom is 0.262 e. The van der Waals surface area contributed by atoms with Gasteiger partial charge in [0.15, 0.2) is 18.1 Å². The van der Waals surface area contributed by atoms with Gasteiger partial charge < -0.3 is 19.5 Å². The van der Waals surface area contributed by atoms with Crippen LogP contribution in [0.4, 0.5) is 5.69 Å². The Labute approximate surface area is 293 Å². The van der Waals surface area contributed by atoms with E-state index in [9.17, 15) is 4.79 Å². The zero-order valence-corrected chi connectivity index (χ0v) is 28.4. The lowest BCUT2D eigenvalue weighted by Gasteiger charge is -2.13. The van der Waals surface area contributed by atoms with Gasteiger partial charge in [0.2, 0.25) is 4.80 Å². The summed E-state index contributed by atoms with van der Waals surface area (Å²) >= 11 is 7.56. The minimum atomic E-state index is -0.363. The van der Waals surface area contributed by atoms with Gasteiger partial charge in [-0.25, -0.2) is 4.68 Å². The molecular weight excluding hydrogens is 656 g/mol. The number of anilines is 1. The predicted octanol–water partition coefficient (Wildman–Crippen LogP) is 8.55. The molecule has 0 atom stereocenters. The van der Waals surface area contributed by atoms with E-state index in [0.717, 1.165) is 38.3 Å². The highest BCUT2D eigenvalue weighted by Crippen LogP contribution is 2.30. The molecule has 1 N–H and O–H groups in total. The topological polar surface area (TPSA) is 86.4 Å². The largest absolute Gasteiger partial charge is 0.495 e. The number of carbonyl (C=O) groups is 1. The number of rotatable bonds is 12. The molecule has 0 spiro atoms. The first-order chi connectivity index (χ1) is 24.0. The zero-order valence-electron chi connectivity index (χ0n) is 26.9. The first-order valence-corrected chi connectivity index (χ1v) is 16.7. The average Bonchev–Trinajstić information content (AvgIpc) is 3.56. The van der Waals surface area contributed by atoms with Crippen molar-refractivity contribution in [2.45, 2.75) is 6.54 Å². The van der Waals surface area contributed by atoms with Crippen LogP contribution in [0.3, 0.4) is 0 Å². The molecule has 0 fully saturated rings. The Kier molecular flexibility index (Phi) is 10.8. The van der Waals surface area contributed by atoms with Crippen molar-refractivity contribution in [1.29, 1.82) is 0 Å². The van der Waals surface area contributed by atoms with Gasteiger partial charge >= 0.3 is 0 Å². The highest BCUT2D eigenvalue weighted by Gasteiger charge is 2.13. The number of nitrogens with one attached hydrogen (secondary N) is 1. The molecule has 6 rings (SSSR count). The van der Waals surface area contributed by atoms with E-state index in [0.29, 0.717) is 34.5 Å². The quantitative estimate of drug-likeness (QED) is 0.131. The highest BCUT2D eigenvalue weighted by atomic mass is 35.5. The molecule has 1 aromatic heterocycles. The van der Waals surface area contributed by atoms with Crippen LogP contribution in [0.25, 0.3) is 22.4 Å². The summed E-state index contributed by atoms with van der Waals surface area (Å²) in [5, 5.41) is 10.2. The monoisotopic (exact) mass is 688 g/mol. The Morgan fingerprint density at radius 2 is 1.49 bits per heavy atom. The molecule has 0 saturated heterocycles. The normalized spacial score (nSPS) is 11.4. The van der Waals surface area contributed by atoms with Crippen LogP contribution in [0.15, 0.2) is 137 Å². The Balaban J connectivity index is 1.23. The van der Waals surface area contributed by atoms with Gasteiger partial charge in [-0.15, -0.1) is 11.3 Å². The van der Waals surface area contributed by atoms with Crippen molar-refractivity contribution in [2.75, 3.05) is 26.1 Å². The molecule has 1 amide bonds. The van der Waals surface area contributed by atoms with E-state index in [1.54, 1.807) is 43.7 Å². The number of aromatic nitrogens is 1. The summed E-state index contributed by atoms with van der Waals surface area (Å²) in [6.45, 7) is 0.292. The third-order valence-corrected chi connectivity index (χ3v) is 8.61. The second-order valence-corrected chi connectivity index (χ2v) is 12.1. The molecule has 0 aliphatic rings. The summed E-state index contributed by atoms with van der Waals surface area (Å²) in [4.78, 5) is 18.3. The molecule has 5 aromatic carbocycles. The molecule has 10 heteroatoms. The van der Waals surface area contributed by atoms with Crippen LogP contribution in [0.1, 0.15) is 11.1 Å². The third-order valence-electron chi connectivity index (χ3n) is 7.52. The van der Waals surface area contributed by atoms with Crippen molar-refractivity contribution in [1.82, 2.24) is 4.68 Å². The standard InChI is InChI=1S/C39H33ClN4O4S/c1-46-36-22-32(40)18-19-33(36)43-38(45)25-48-35-20-13-28(21-37(35)47-2)24-42-44-34(26-49-39(44)41-23-27-9-5-3-6-10-27)31-16-14-30(15-17-31)29-11-7-4-8-12-29/h3-22,24,26H,23,25H2,1-2H3,(H,43,45)/b41-39?,42-24-. The molecule has 0 bridgehead atoms. The lowest BCUT2D eigenvalue weighted by atomic mass is 10.0. The van der Waals surface area contributed by atoms with E-state index in [2.05, 4.69) is 59.2 Å². The molecule has 0 aliphatic heterocycles. The van der Waals surface area contributed by atoms with E-state index in [1.807, 2.05) is 47.1 Å². The maximum absolute atomic E-state index is 12.7. The van der Waals surface area contributed by atoms with E-state index in [4.69, 9.17) is 35.9 Å². The molecule has 246 valence electrons. The first kappa shape index (κ1) is 33.3. The lowest BCUT2D eigenvalue weighted by Crippen LogP contribution is -2.20. The van der Waals surface area contributed by atoms with Crippen LogP contribution in [0.2, 0.25) is 5.02 Å². The summed E-state index contributed by atoms with van der Waals surface area (Å²) in [5.41, 5.74) is 6.62. The third kappa shape index (κ3) is 8.45. The number of hydrogen-bond acceptors (Lipinski definition) is 7. The fraction of sp³-hybridized carbons (Fsp3) is 0.103. The van der Waals surface area contributed by atoms with Crippen LogP contribution in [0, 0.1) is 0 Å². The van der Waals surface area contributed by atoms with Crippen LogP contribution in [0.5, 0.6) is 17.2 Å². The Hall–Kier alpha value is -5.64. The SMILES string of the molecule is COc1cc(Cl)ccc1NC(=O)COc1ccc(/C=N\n2c(-c3ccc(-c4ccccc4)cc3)csc2=NCc2ccccc2)cc1OC. The predicted molar refractivity (Wildman–Crippen MR) is 197 cm³/mol. The summed E-state index contributed by atoms with van der Waals surface area (Å²) in [6, 6.07) is 39.2. The van der Waals surface area contributed by atoms with E-state index >= 15 is 0 Å². The molecule has 1 heterocycles. The highest BCUT2D eigenvalue weighted by molar-refractivity contribution is 7.07. The second-order valence-electron chi connectivity index (χ2n) is 10.8. The summed E-state index contributed by atoms with van der Waals surface area (Å²) in [5.74, 6) is 0.966.